The highest BCUT2D eigenvalue weighted by atomic mass is 15.2. The monoisotopic (exact) mass is 236 g/mol. The Hall–Kier alpha value is -0.870. The third kappa shape index (κ3) is 3.07. The zero-order valence-electron chi connectivity index (χ0n) is 11.2. The van der Waals surface area contributed by atoms with E-state index in [1.807, 2.05) is 13.2 Å². The van der Waals surface area contributed by atoms with E-state index in [-0.39, 0.29) is 0 Å². The minimum atomic E-state index is 0.457. The van der Waals surface area contributed by atoms with Gasteiger partial charge in [0.2, 0.25) is 0 Å². The van der Waals surface area contributed by atoms with E-state index in [0.29, 0.717) is 5.41 Å². The van der Waals surface area contributed by atoms with Crippen LogP contribution < -0.4 is 5.32 Å². The fourth-order valence-electron chi connectivity index (χ4n) is 2.78. The molecule has 17 heavy (non-hydrogen) atoms. The van der Waals surface area contributed by atoms with Gasteiger partial charge in [-0.3, -0.25) is 0 Å². The molecule has 1 aromatic rings. The summed E-state index contributed by atoms with van der Waals surface area (Å²) in [5, 5.41) is 3.31. The molecule has 1 unspecified atom stereocenters. The van der Waals surface area contributed by atoms with Gasteiger partial charge in [0.25, 0.3) is 0 Å². The summed E-state index contributed by atoms with van der Waals surface area (Å²) < 4.78 is 2.23. The molecule has 0 spiro atoms. The van der Waals surface area contributed by atoms with Crippen molar-refractivity contribution in [2.75, 3.05) is 33.2 Å². The van der Waals surface area contributed by atoms with Crippen molar-refractivity contribution in [1.82, 2.24) is 19.8 Å². The van der Waals surface area contributed by atoms with Crippen LogP contribution in [0.3, 0.4) is 0 Å². The molecule has 1 fully saturated rings. The molecule has 1 aliphatic heterocycles. The minimum Gasteiger partial charge on any atom is -0.334 e. The van der Waals surface area contributed by atoms with Crippen LogP contribution in [0.25, 0.3) is 0 Å². The highest BCUT2D eigenvalue weighted by molar-refractivity contribution is 4.90. The average Bonchev–Trinajstić information content (AvgIpc) is 2.83. The molecule has 0 amide bonds. The molecule has 4 nitrogen and oxygen atoms in total. The molecule has 0 bridgehead atoms. The second-order valence-electron chi connectivity index (χ2n) is 5.53. The van der Waals surface area contributed by atoms with Gasteiger partial charge in [-0.05, 0) is 32.4 Å². The summed E-state index contributed by atoms with van der Waals surface area (Å²) in [5.41, 5.74) is 0.457. The largest absolute Gasteiger partial charge is 0.334 e. The van der Waals surface area contributed by atoms with Crippen molar-refractivity contribution < 1.29 is 0 Å². The smallest absolute Gasteiger partial charge is 0.105 e. The van der Waals surface area contributed by atoms with Gasteiger partial charge in [-0.25, -0.2) is 4.98 Å². The molecule has 1 atom stereocenters. The fraction of sp³-hybridized carbons (Fsp3) is 0.769. The summed E-state index contributed by atoms with van der Waals surface area (Å²) >= 11 is 0. The van der Waals surface area contributed by atoms with Gasteiger partial charge < -0.3 is 14.8 Å². The molecule has 0 saturated carbocycles. The topological polar surface area (TPSA) is 33.1 Å². The van der Waals surface area contributed by atoms with E-state index in [1.54, 1.807) is 0 Å². The zero-order valence-corrected chi connectivity index (χ0v) is 11.2. The Morgan fingerprint density at radius 3 is 2.94 bits per heavy atom. The highest BCUT2D eigenvalue weighted by Crippen LogP contribution is 2.28. The normalized spacial score (nSPS) is 25.6. The van der Waals surface area contributed by atoms with Crippen molar-refractivity contribution in [2.45, 2.75) is 26.8 Å². The number of nitrogens with one attached hydrogen (secondary N) is 1. The van der Waals surface area contributed by atoms with Gasteiger partial charge in [-0.2, -0.15) is 0 Å². The third-order valence-electron chi connectivity index (χ3n) is 3.82. The van der Waals surface area contributed by atoms with Crippen molar-refractivity contribution in [3.63, 3.8) is 0 Å². The van der Waals surface area contributed by atoms with Crippen LogP contribution in [-0.4, -0.2) is 47.7 Å². The first-order valence-electron chi connectivity index (χ1n) is 6.48. The second kappa shape index (κ2) is 5.19. The molecule has 0 aromatic carbocycles. The molecule has 1 aliphatic rings. The summed E-state index contributed by atoms with van der Waals surface area (Å²) in [6.07, 6.45) is 5.25. The van der Waals surface area contributed by atoms with Crippen LogP contribution in [0.1, 0.15) is 19.2 Å². The van der Waals surface area contributed by atoms with Crippen LogP contribution >= 0.6 is 0 Å². The summed E-state index contributed by atoms with van der Waals surface area (Å²) in [4.78, 5) is 6.82. The Morgan fingerprint density at radius 2 is 2.29 bits per heavy atom. The minimum absolute atomic E-state index is 0.457. The number of hydrogen-bond acceptors (Lipinski definition) is 3. The summed E-state index contributed by atoms with van der Waals surface area (Å²) in [6, 6.07) is 0. The van der Waals surface area contributed by atoms with Gasteiger partial charge >= 0.3 is 0 Å². The van der Waals surface area contributed by atoms with E-state index >= 15 is 0 Å². The molecule has 0 radical (unpaired) electrons. The van der Waals surface area contributed by atoms with Gasteiger partial charge in [0.05, 0.1) is 0 Å². The number of imidazole rings is 1. The first kappa shape index (κ1) is 12.6. The predicted octanol–water partition coefficient (Wildman–Crippen LogP) is 1.12. The van der Waals surface area contributed by atoms with E-state index in [4.69, 9.17) is 0 Å². The quantitative estimate of drug-likeness (QED) is 0.832. The third-order valence-corrected chi connectivity index (χ3v) is 3.82. The molecule has 1 saturated heterocycles. The van der Waals surface area contributed by atoms with Crippen LogP contribution in [0.5, 0.6) is 0 Å². The molecule has 0 aliphatic carbocycles. The lowest BCUT2D eigenvalue weighted by Crippen LogP contribution is -2.34. The SMILES string of the molecule is CNCC1(C)CCN(CCn2ccnc2C)C1. The number of likely N-dealkylation sites (tertiary alicyclic amines) is 1. The van der Waals surface area contributed by atoms with E-state index in [9.17, 15) is 0 Å². The highest BCUT2D eigenvalue weighted by Gasteiger charge is 2.32. The zero-order chi connectivity index (χ0) is 12.3. The van der Waals surface area contributed by atoms with Gasteiger partial charge in [0, 0.05) is 38.6 Å². The van der Waals surface area contributed by atoms with Crippen LogP contribution in [0.2, 0.25) is 0 Å². The van der Waals surface area contributed by atoms with Gasteiger partial charge in [0.15, 0.2) is 0 Å². The number of aryl methyl sites for hydroxylation is 1. The maximum atomic E-state index is 4.25. The van der Waals surface area contributed by atoms with Gasteiger partial charge in [-0.1, -0.05) is 6.92 Å². The predicted molar refractivity (Wildman–Crippen MR) is 70.1 cm³/mol. The van der Waals surface area contributed by atoms with Gasteiger partial charge in [0.1, 0.15) is 5.82 Å². The van der Waals surface area contributed by atoms with Crippen LogP contribution in [-0.2, 0) is 6.54 Å². The first-order valence-corrected chi connectivity index (χ1v) is 6.48. The number of rotatable bonds is 5. The molecule has 4 heteroatoms. The molecule has 1 N–H and O–H groups in total. The summed E-state index contributed by atoms with van der Waals surface area (Å²) in [5.74, 6) is 1.11. The molecule has 2 heterocycles. The Kier molecular flexibility index (Phi) is 3.84. The van der Waals surface area contributed by atoms with Crippen LogP contribution in [0, 0.1) is 12.3 Å². The lowest BCUT2D eigenvalue weighted by molar-refractivity contribution is 0.263. The molecular formula is C13H24N4. The van der Waals surface area contributed by atoms with Crippen LogP contribution in [0.15, 0.2) is 12.4 Å². The van der Waals surface area contributed by atoms with E-state index in [1.165, 1.54) is 19.5 Å². The fourth-order valence-corrected chi connectivity index (χ4v) is 2.78. The Bertz CT molecular complexity index is 360. The van der Waals surface area contributed by atoms with Crippen molar-refractivity contribution in [2.24, 2.45) is 5.41 Å². The Morgan fingerprint density at radius 1 is 1.47 bits per heavy atom. The number of aromatic nitrogens is 2. The number of hydrogen-bond donors (Lipinski definition) is 1. The average molecular weight is 236 g/mol. The van der Waals surface area contributed by atoms with E-state index in [0.717, 1.165) is 25.5 Å². The van der Waals surface area contributed by atoms with E-state index < -0.39 is 0 Å². The standard InChI is InChI=1S/C13H24N4/c1-12-15-5-7-17(12)9-8-16-6-4-13(2,11-16)10-14-3/h5,7,14H,4,6,8-11H2,1-3H3. The Labute approximate surface area is 104 Å². The van der Waals surface area contributed by atoms with Gasteiger partial charge in [-0.15, -0.1) is 0 Å². The second-order valence-corrected chi connectivity index (χ2v) is 5.53. The van der Waals surface area contributed by atoms with Crippen molar-refractivity contribution in [3.8, 4) is 0 Å². The molecule has 96 valence electrons. The van der Waals surface area contributed by atoms with Crippen molar-refractivity contribution in [1.29, 1.82) is 0 Å². The summed E-state index contributed by atoms with van der Waals surface area (Å²) in [7, 11) is 2.04. The molecule has 2 rings (SSSR count). The van der Waals surface area contributed by atoms with E-state index in [2.05, 4.69) is 39.8 Å². The lowest BCUT2D eigenvalue weighted by Gasteiger charge is -2.24. The Balaban J connectivity index is 1.80. The van der Waals surface area contributed by atoms with Crippen molar-refractivity contribution >= 4 is 0 Å². The molecular weight excluding hydrogens is 212 g/mol. The number of nitrogens with zero attached hydrogens (tertiary/aromatic N) is 3. The summed E-state index contributed by atoms with van der Waals surface area (Å²) in [6.45, 7) is 10.2. The lowest BCUT2D eigenvalue weighted by atomic mass is 9.90. The first-order chi connectivity index (χ1) is 8.13. The molecule has 1 aromatic heterocycles. The maximum Gasteiger partial charge on any atom is 0.105 e. The van der Waals surface area contributed by atoms with Crippen LogP contribution in [0.4, 0.5) is 0 Å². The van der Waals surface area contributed by atoms with Crippen molar-refractivity contribution in [3.05, 3.63) is 18.2 Å². The maximum absolute atomic E-state index is 4.25.